The second-order valence-corrected chi connectivity index (χ2v) is 7.90. The van der Waals surface area contributed by atoms with Crippen molar-refractivity contribution < 1.29 is 35.9 Å². The number of Topliss-reactive ketones (excluding diaryl/α,β-unsaturated/α-hetero) is 2. The number of benzene rings is 2. The lowest BCUT2D eigenvalue weighted by atomic mass is 10.0. The molecule has 1 fully saturated rings. The zero-order valence-corrected chi connectivity index (χ0v) is 20.4. The molecule has 3 rings (SSSR count). The first-order valence-electron chi connectivity index (χ1n) is 11.7. The predicted molar refractivity (Wildman–Crippen MR) is 130 cm³/mol. The van der Waals surface area contributed by atoms with Crippen LogP contribution in [0, 0.1) is 0 Å². The van der Waals surface area contributed by atoms with Gasteiger partial charge in [-0.05, 0) is 17.5 Å². The molecule has 0 aliphatic carbocycles. The van der Waals surface area contributed by atoms with E-state index in [2.05, 4.69) is 0 Å². The second kappa shape index (κ2) is 13.1. The smallest absolute Gasteiger partial charge is 0.375 e. The molecule has 0 radical (unpaired) electrons. The van der Waals surface area contributed by atoms with Crippen LogP contribution >= 0.6 is 0 Å². The highest BCUT2D eigenvalue weighted by Gasteiger charge is 2.42. The van der Waals surface area contributed by atoms with Crippen molar-refractivity contribution in [2.75, 3.05) is 26.2 Å². The molecule has 1 saturated heterocycles. The van der Waals surface area contributed by atoms with E-state index in [9.17, 15) is 35.9 Å². The number of rotatable bonds is 6. The molecule has 0 N–H and O–H groups in total. The summed E-state index contributed by atoms with van der Waals surface area (Å²) in [4.78, 5) is 27.2. The van der Waals surface area contributed by atoms with E-state index in [0.29, 0.717) is 6.42 Å². The standard InChI is InChI=1S/C25H22F6N2O2.C2H6/c26-24(27,28)22(34)20(18-8-3-1-4-9-18)16-32-12-7-13-33(15-14-32)17-21(23(35)25(29,30)31)19-10-5-2-6-11-19;1-2/h1-6,8-11,16-17H,7,12-15H2;1-2H3/b20-16-,21-17+;. The molecule has 0 aromatic heterocycles. The number of carbonyl (C=O) groups excluding carboxylic acids is 2. The van der Waals surface area contributed by atoms with Crippen molar-refractivity contribution in [1.29, 1.82) is 0 Å². The molecular formula is C27H28F6N2O2. The maximum absolute atomic E-state index is 13.2. The van der Waals surface area contributed by atoms with E-state index in [1.54, 1.807) is 12.1 Å². The normalized spacial score (nSPS) is 15.5. The fraction of sp³-hybridized carbons (Fsp3) is 0.333. The van der Waals surface area contributed by atoms with E-state index in [0.717, 1.165) is 12.4 Å². The van der Waals surface area contributed by atoms with E-state index in [1.807, 2.05) is 13.8 Å². The Kier molecular flexibility index (Phi) is 10.5. The number of alkyl halides is 6. The van der Waals surface area contributed by atoms with Gasteiger partial charge in [-0.2, -0.15) is 26.3 Å². The van der Waals surface area contributed by atoms with Crippen molar-refractivity contribution in [3.8, 4) is 0 Å². The maximum Gasteiger partial charge on any atom is 0.454 e. The van der Waals surface area contributed by atoms with Gasteiger partial charge in [0.2, 0.25) is 0 Å². The third-order valence-electron chi connectivity index (χ3n) is 5.36. The van der Waals surface area contributed by atoms with E-state index in [1.165, 1.54) is 58.3 Å². The molecule has 0 atom stereocenters. The summed E-state index contributed by atoms with van der Waals surface area (Å²) in [6.45, 7) is 4.83. The van der Waals surface area contributed by atoms with Gasteiger partial charge in [-0.25, -0.2) is 0 Å². The largest absolute Gasteiger partial charge is 0.454 e. The summed E-state index contributed by atoms with van der Waals surface area (Å²) in [5, 5.41) is 0. The van der Waals surface area contributed by atoms with Gasteiger partial charge < -0.3 is 9.80 Å². The van der Waals surface area contributed by atoms with Crippen LogP contribution in [-0.2, 0) is 9.59 Å². The molecule has 0 spiro atoms. The molecule has 0 saturated carbocycles. The van der Waals surface area contributed by atoms with E-state index < -0.39 is 35.1 Å². The molecule has 0 unspecified atom stereocenters. The molecular weight excluding hydrogens is 498 g/mol. The third-order valence-corrected chi connectivity index (χ3v) is 5.36. The first kappa shape index (κ1) is 29.7. The summed E-state index contributed by atoms with van der Waals surface area (Å²) in [6.07, 6.45) is -7.44. The fourth-order valence-electron chi connectivity index (χ4n) is 3.65. The molecule has 4 nitrogen and oxygen atoms in total. The fourth-order valence-corrected chi connectivity index (χ4v) is 3.65. The van der Waals surface area contributed by atoms with E-state index in [4.69, 9.17) is 0 Å². The summed E-state index contributed by atoms with van der Waals surface area (Å²) in [5.74, 6) is -3.96. The molecule has 2 aromatic rings. The number of nitrogens with zero attached hydrogens (tertiary/aromatic N) is 2. The Morgan fingerprint density at radius 3 is 1.24 bits per heavy atom. The average Bonchev–Trinajstić information content (AvgIpc) is 3.11. The molecule has 0 bridgehead atoms. The van der Waals surface area contributed by atoms with Gasteiger partial charge in [-0.3, -0.25) is 9.59 Å². The lowest BCUT2D eigenvalue weighted by Gasteiger charge is -2.22. The van der Waals surface area contributed by atoms with Crippen LogP contribution in [0.3, 0.4) is 0 Å². The molecule has 10 heteroatoms. The van der Waals surface area contributed by atoms with Crippen LogP contribution in [0.5, 0.6) is 0 Å². The van der Waals surface area contributed by atoms with Crippen molar-refractivity contribution >= 4 is 22.7 Å². The van der Waals surface area contributed by atoms with Crippen molar-refractivity contribution in [2.45, 2.75) is 32.6 Å². The Hall–Kier alpha value is -3.56. The Morgan fingerprint density at radius 1 is 0.622 bits per heavy atom. The summed E-state index contributed by atoms with van der Waals surface area (Å²) in [5.41, 5.74) is -0.811. The van der Waals surface area contributed by atoms with Crippen molar-refractivity contribution in [1.82, 2.24) is 9.80 Å². The topological polar surface area (TPSA) is 40.6 Å². The lowest BCUT2D eigenvalue weighted by molar-refractivity contribution is -0.164. The second-order valence-electron chi connectivity index (χ2n) is 7.90. The predicted octanol–water partition coefficient (Wildman–Crippen LogP) is 6.37. The van der Waals surface area contributed by atoms with Gasteiger partial charge in [0.1, 0.15) is 0 Å². The highest BCUT2D eigenvalue weighted by Crippen LogP contribution is 2.29. The summed E-state index contributed by atoms with van der Waals surface area (Å²) in [6, 6.07) is 14.9. The SMILES string of the molecule is CC.O=C(/C(=C\N1CCCN(/C=C(/C(=O)C(F)(F)F)c2ccccc2)CC1)c1ccccc1)C(F)(F)F. The molecule has 200 valence electrons. The lowest BCUT2D eigenvalue weighted by Crippen LogP contribution is -2.29. The summed E-state index contributed by atoms with van der Waals surface area (Å²) < 4.78 is 79.3. The Balaban J connectivity index is 0.00000235. The van der Waals surface area contributed by atoms with Gasteiger partial charge in [0, 0.05) is 38.6 Å². The Morgan fingerprint density at radius 2 is 0.946 bits per heavy atom. The van der Waals surface area contributed by atoms with Crippen molar-refractivity contribution in [2.24, 2.45) is 0 Å². The number of ketones is 2. The van der Waals surface area contributed by atoms with Crippen LogP contribution in [0.25, 0.3) is 11.1 Å². The zero-order chi connectivity index (χ0) is 27.6. The number of allylic oxidation sites excluding steroid dienone is 2. The minimum Gasteiger partial charge on any atom is -0.375 e. The van der Waals surface area contributed by atoms with Crippen LogP contribution in [-0.4, -0.2) is 59.9 Å². The van der Waals surface area contributed by atoms with E-state index in [-0.39, 0.29) is 37.3 Å². The number of hydrogen-bond donors (Lipinski definition) is 0. The van der Waals surface area contributed by atoms with Crippen LogP contribution in [0.1, 0.15) is 31.4 Å². The van der Waals surface area contributed by atoms with Crippen LogP contribution in [0.2, 0.25) is 0 Å². The average molecular weight is 527 g/mol. The van der Waals surface area contributed by atoms with Gasteiger partial charge in [-0.1, -0.05) is 74.5 Å². The number of carbonyl (C=O) groups is 2. The highest BCUT2D eigenvalue weighted by atomic mass is 19.4. The van der Waals surface area contributed by atoms with E-state index >= 15 is 0 Å². The first-order valence-corrected chi connectivity index (χ1v) is 11.7. The molecule has 1 aliphatic heterocycles. The molecule has 37 heavy (non-hydrogen) atoms. The molecule has 1 aliphatic rings. The quantitative estimate of drug-likeness (QED) is 0.324. The summed E-state index contributed by atoms with van der Waals surface area (Å²) in [7, 11) is 0. The zero-order valence-electron chi connectivity index (χ0n) is 20.4. The van der Waals surface area contributed by atoms with Gasteiger partial charge in [0.05, 0.1) is 11.1 Å². The molecule has 0 amide bonds. The van der Waals surface area contributed by atoms with Crippen LogP contribution < -0.4 is 0 Å². The molecule has 2 aromatic carbocycles. The van der Waals surface area contributed by atoms with Gasteiger partial charge in [-0.15, -0.1) is 0 Å². The minimum atomic E-state index is -5.06. The highest BCUT2D eigenvalue weighted by molar-refractivity contribution is 6.23. The van der Waals surface area contributed by atoms with Crippen molar-refractivity contribution in [3.63, 3.8) is 0 Å². The van der Waals surface area contributed by atoms with Crippen molar-refractivity contribution in [3.05, 3.63) is 84.2 Å². The monoisotopic (exact) mass is 526 g/mol. The number of halogens is 6. The van der Waals surface area contributed by atoms with Crippen LogP contribution in [0.15, 0.2) is 73.1 Å². The summed E-state index contributed by atoms with van der Waals surface area (Å²) >= 11 is 0. The van der Waals surface area contributed by atoms with Gasteiger partial charge >= 0.3 is 12.4 Å². The first-order chi connectivity index (χ1) is 17.5. The maximum atomic E-state index is 13.2. The van der Waals surface area contributed by atoms with Crippen LogP contribution in [0.4, 0.5) is 26.3 Å². The van der Waals surface area contributed by atoms with Gasteiger partial charge in [0.15, 0.2) is 0 Å². The third kappa shape index (κ3) is 8.51. The number of hydrogen-bond acceptors (Lipinski definition) is 4. The molecule has 1 heterocycles. The van der Waals surface area contributed by atoms with Gasteiger partial charge in [0.25, 0.3) is 11.6 Å². The Bertz CT molecular complexity index is 1010. The minimum absolute atomic E-state index is 0.109. The Labute approximate surface area is 211 Å².